The van der Waals surface area contributed by atoms with Crippen molar-refractivity contribution in [1.29, 1.82) is 0 Å². The molecule has 1 amide bonds. The summed E-state index contributed by atoms with van der Waals surface area (Å²) in [5.41, 5.74) is 4.57. The van der Waals surface area contributed by atoms with E-state index in [4.69, 9.17) is 4.74 Å². The number of hydrogen-bond acceptors (Lipinski definition) is 4. The molecule has 5 heteroatoms. The Morgan fingerprint density at radius 1 is 1.00 bits per heavy atom. The minimum Gasteiger partial charge on any atom is -0.383 e. The molecule has 5 rings (SSSR count). The van der Waals surface area contributed by atoms with Crippen LogP contribution >= 0.6 is 0 Å². The van der Waals surface area contributed by atoms with Gasteiger partial charge in [-0.2, -0.15) is 0 Å². The van der Waals surface area contributed by atoms with Gasteiger partial charge in [-0.15, -0.1) is 0 Å². The molecule has 2 aromatic carbocycles. The quantitative estimate of drug-likeness (QED) is 0.549. The highest BCUT2D eigenvalue weighted by Gasteiger charge is 2.40. The molecule has 5 nitrogen and oxygen atoms in total. The molecule has 1 aromatic heterocycles. The monoisotopic (exact) mass is 457 g/mol. The van der Waals surface area contributed by atoms with Gasteiger partial charge in [0.05, 0.1) is 12.2 Å². The second-order valence-corrected chi connectivity index (χ2v) is 9.17. The molecular formula is C29H35N3O2. The minimum absolute atomic E-state index is 0.111. The maximum Gasteiger partial charge on any atom is 0.255 e. The SMILES string of the molecule is COCC1CC2CN(C(=O)c3cccnc3)CCCCN12.Cc1cccc(-c2ccccc2)c1. The molecule has 2 unspecified atom stereocenters. The van der Waals surface area contributed by atoms with Crippen molar-refractivity contribution >= 4 is 5.91 Å². The van der Waals surface area contributed by atoms with Crippen molar-refractivity contribution in [2.75, 3.05) is 33.4 Å². The minimum atomic E-state index is 0.111. The first kappa shape index (κ1) is 24.1. The van der Waals surface area contributed by atoms with Crippen LogP contribution in [0.5, 0.6) is 0 Å². The van der Waals surface area contributed by atoms with Gasteiger partial charge in [0.2, 0.25) is 0 Å². The van der Waals surface area contributed by atoms with Crippen LogP contribution in [0.1, 0.15) is 35.2 Å². The molecule has 2 aliphatic rings. The predicted octanol–water partition coefficient (Wildman–Crippen LogP) is 5.07. The molecule has 3 aromatic rings. The van der Waals surface area contributed by atoms with E-state index >= 15 is 0 Å². The number of fused-ring (bicyclic) bond motifs is 1. The van der Waals surface area contributed by atoms with Crippen LogP contribution in [0, 0.1) is 6.92 Å². The highest BCUT2D eigenvalue weighted by molar-refractivity contribution is 5.93. The van der Waals surface area contributed by atoms with Crippen LogP contribution in [0.4, 0.5) is 0 Å². The fourth-order valence-electron chi connectivity index (χ4n) is 4.90. The number of carbonyl (C=O) groups is 1. The number of pyridine rings is 1. The lowest BCUT2D eigenvalue weighted by Gasteiger charge is -2.51. The molecule has 0 aliphatic carbocycles. The Morgan fingerprint density at radius 3 is 2.53 bits per heavy atom. The lowest BCUT2D eigenvalue weighted by Crippen LogP contribution is -2.62. The zero-order valence-corrected chi connectivity index (χ0v) is 20.3. The predicted molar refractivity (Wildman–Crippen MR) is 137 cm³/mol. The van der Waals surface area contributed by atoms with Crippen molar-refractivity contribution < 1.29 is 9.53 Å². The van der Waals surface area contributed by atoms with Crippen LogP contribution in [-0.4, -0.2) is 66.1 Å². The van der Waals surface area contributed by atoms with Crippen molar-refractivity contribution in [3.63, 3.8) is 0 Å². The van der Waals surface area contributed by atoms with E-state index in [1.807, 2.05) is 23.1 Å². The summed E-state index contributed by atoms with van der Waals surface area (Å²) in [5.74, 6) is 0.111. The van der Waals surface area contributed by atoms with Gasteiger partial charge in [-0.3, -0.25) is 14.7 Å². The third-order valence-corrected chi connectivity index (χ3v) is 6.69. The number of nitrogens with zero attached hydrogens (tertiary/aromatic N) is 3. The maximum absolute atomic E-state index is 12.6. The van der Waals surface area contributed by atoms with Gasteiger partial charge >= 0.3 is 0 Å². The Kier molecular flexibility index (Phi) is 8.45. The Bertz CT molecular complexity index is 1040. The van der Waals surface area contributed by atoms with Gasteiger partial charge < -0.3 is 9.64 Å². The lowest BCUT2D eigenvalue weighted by atomic mass is 9.91. The van der Waals surface area contributed by atoms with Gasteiger partial charge in [0.25, 0.3) is 5.91 Å². The second kappa shape index (κ2) is 11.9. The van der Waals surface area contributed by atoms with E-state index in [1.165, 1.54) is 16.7 Å². The summed E-state index contributed by atoms with van der Waals surface area (Å²) in [7, 11) is 1.76. The van der Waals surface area contributed by atoms with E-state index in [0.717, 1.165) is 45.5 Å². The Balaban J connectivity index is 0.000000180. The summed E-state index contributed by atoms with van der Waals surface area (Å²) in [4.78, 5) is 21.1. The average molecular weight is 458 g/mol. The number of carbonyl (C=O) groups excluding carboxylic acids is 1. The van der Waals surface area contributed by atoms with Crippen LogP contribution in [-0.2, 0) is 4.74 Å². The molecule has 0 bridgehead atoms. The third-order valence-electron chi connectivity index (χ3n) is 6.69. The van der Waals surface area contributed by atoms with Crippen LogP contribution in [0.25, 0.3) is 11.1 Å². The van der Waals surface area contributed by atoms with Crippen LogP contribution in [0.2, 0.25) is 0 Å². The molecule has 0 saturated carbocycles. The molecule has 2 fully saturated rings. The third kappa shape index (κ3) is 6.10. The van der Waals surface area contributed by atoms with Crippen molar-refractivity contribution in [2.45, 2.75) is 38.3 Å². The van der Waals surface area contributed by atoms with E-state index in [1.54, 1.807) is 19.5 Å². The molecule has 0 radical (unpaired) electrons. The molecule has 34 heavy (non-hydrogen) atoms. The summed E-state index contributed by atoms with van der Waals surface area (Å²) in [6, 6.07) is 23.7. The molecule has 2 aliphatic heterocycles. The van der Waals surface area contributed by atoms with E-state index in [0.29, 0.717) is 17.6 Å². The number of methoxy groups -OCH3 is 1. The Morgan fingerprint density at radius 2 is 1.79 bits per heavy atom. The van der Waals surface area contributed by atoms with Gasteiger partial charge in [0.15, 0.2) is 0 Å². The van der Waals surface area contributed by atoms with Crippen molar-refractivity contribution in [3.05, 3.63) is 90.3 Å². The van der Waals surface area contributed by atoms with Crippen LogP contribution in [0.15, 0.2) is 79.1 Å². The van der Waals surface area contributed by atoms with Crippen molar-refractivity contribution in [1.82, 2.24) is 14.8 Å². The summed E-state index contributed by atoms with van der Waals surface area (Å²) in [6.45, 7) is 5.73. The van der Waals surface area contributed by atoms with Gasteiger partial charge in [-0.25, -0.2) is 0 Å². The molecule has 3 heterocycles. The van der Waals surface area contributed by atoms with Gasteiger partial charge in [0, 0.05) is 44.7 Å². The topological polar surface area (TPSA) is 45.7 Å². The molecule has 0 spiro atoms. The number of rotatable bonds is 4. The first-order valence-corrected chi connectivity index (χ1v) is 12.2. The summed E-state index contributed by atoms with van der Waals surface area (Å²) < 4.78 is 5.28. The Hall–Kier alpha value is -3.02. The number of ether oxygens (including phenoxy) is 1. The van der Waals surface area contributed by atoms with Gasteiger partial charge in [-0.05, 0) is 56.0 Å². The van der Waals surface area contributed by atoms with Gasteiger partial charge in [-0.1, -0.05) is 60.2 Å². The summed E-state index contributed by atoms with van der Waals surface area (Å²) in [6.07, 6.45) is 6.70. The van der Waals surface area contributed by atoms with Crippen molar-refractivity contribution in [2.24, 2.45) is 0 Å². The standard InChI is InChI=1S/C16H23N3O2.C13H12/c1-21-12-15-9-14-11-18(7-2-3-8-19(14)15)16(20)13-5-4-6-17-10-13;1-11-6-5-9-13(10-11)12-7-3-2-4-8-12/h4-6,10,14-15H,2-3,7-9,11-12H2,1H3;2-10H,1H3. The maximum atomic E-state index is 12.6. The fourth-order valence-corrected chi connectivity index (χ4v) is 4.90. The summed E-state index contributed by atoms with van der Waals surface area (Å²) in [5, 5.41) is 0. The molecule has 178 valence electrons. The van der Waals surface area contributed by atoms with Crippen molar-refractivity contribution in [3.8, 4) is 11.1 Å². The lowest BCUT2D eigenvalue weighted by molar-refractivity contribution is -0.0458. The number of aryl methyl sites for hydroxylation is 1. The first-order valence-electron chi connectivity index (χ1n) is 12.2. The van der Waals surface area contributed by atoms with E-state index < -0.39 is 0 Å². The molecule has 0 N–H and O–H groups in total. The smallest absolute Gasteiger partial charge is 0.255 e. The largest absolute Gasteiger partial charge is 0.383 e. The molecular weight excluding hydrogens is 422 g/mol. The van der Waals surface area contributed by atoms with E-state index in [2.05, 4.69) is 65.3 Å². The number of aromatic nitrogens is 1. The van der Waals surface area contributed by atoms with Crippen LogP contribution in [0.3, 0.4) is 0 Å². The first-order chi connectivity index (χ1) is 16.7. The van der Waals surface area contributed by atoms with E-state index in [9.17, 15) is 4.79 Å². The average Bonchev–Trinajstić information content (AvgIpc) is 2.86. The van der Waals surface area contributed by atoms with Gasteiger partial charge in [0.1, 0.15) is 0 Å². The van der Waals surface area contributed by atoms with E-state index in [-0.39, 0.29) is 5.91 Å². The summed E-state index contributed by atoms with van der Waals surface area (Å²) >= 11 is 0. The highest BCUT2D eigenvalue weighted by Crippen LogP contribution is 2.29. The zero-order chi connectivity index (χ0) is 23.8. The molecule has 2 atom stereocenters. The number of benzene rings is 2. The fraction of sp³-hybridized carbons (Fsp3) is 0.379. The second-order valence-electron chi connectivity index (χ2n) is 9.17. The number of hydrogen-bond donors (Lipinski definition) is 0. The highest BCUT2D eigenvalue weighted by atomic mass is 16.5. The Labute approximate surface area is 203 Å². The zero-order valence-electron chi connectivity index (χ0n) is 20.3. The van der Waals surface area contributed by atoms with Crippen LogP contribution < -0.4 is 0 Å². The normalized spacial score (nSPS) is 20.1. The molecule has 2 saturated heterocycles. The number of amides is 1.